The van der Waals surface area contributed by atoms with Gasteiger partial charge in [-0.05, 0) is 37.6 Å². The van der Waals surface area contributed by atoms with Crippen LogP contribution in [0.5, 0.6) is 0 Å². The summed E-state index contributed by atoms with van der Waals surface area (Å²) in [4.78, 5) is 29.6. The van der Waals surface area contributed by atoms with E-state index in [0.717, 1.165) is 39.5 Å². The first-order valence-electron chi connectivity index (χ1n) is 11.9. The highest BCUT2D eigenvalue weighted by Crippen LogP contribution is 2.32. The number of para-hydroxylation sites is 1. The van der Waals surface area contributed by atoms with Gasteiger partial charge in [0, 0.05) is 23.2 Å². The number of rotatable bonds is 6. The van der Waals surface area contributed by atoms with Gasteiger partial charge in [0.1, 0.15) is 11.9 Å². The van der Waals surface area contributed by atoms with Crippen LogP contribution in [-0.2, 0) is 11.3 Å². The van der Waals surface area contributed by atoms with Crippen LogP contribution in [0.4, 0.5) is 0 Å². The van der Waals surface area contributed by atoms with E-state index < -0.39 is 11.9 Å². The van der Waals surface area contributed by atoms with E-state index in [1.54, 1.807) is 29.7 Å². The fraction of sp³-hybridized carbons (Fsp3) is 0.179. The molecule has 0 aliphatic carbocycles. The van der Waals surface area contributed by atoms with Gasteiger partial charge in [-0.2, -0.15) is 0 Å². The molecule has 0 unspecified atom stereocenters. The molecule has 2 amide bonds. The Morgan fingerprint density at radius 1 is 0.946 bits per heavy atom. The second kappa shape index (κ2) is 10.2. The Morgan fingerprint density at radius 2 is 1.68 bits per heavy atom. The van der Waals surface area contributed by atoms with Gasteiger partial charge in [0.2, 0.25) is 5.91 Å². The van der Waals surface area contributed by atoms with E-state index in [1.807, 2.05) is 66.9 Å². The number of hydrogen-bond donors (Lipinski definition) is 3. The lowest BCUT2D eigenvalue weighted by atomic mass is 9.99. The Bertz CT molecular complexity index is 1490. The summed E-state index contributed by atoms with van der Waals surface area (Å²) in [6.45, 7) is 4.22. The third kappa shape index (κ3) is 4.89. The summed E-state index contributed by atoms with van der Waals surface area (Å²) < 4.78 is 1.98. The second-order valence-electron chi connectivity index (χ2n) is 8.94. The van der Waals surface area contributed by atoms with E-state index in [4.69, 9.17) is 10.2 Å². The molecular weight excluding hydrogens is 468 g/mol. The normalized spacial score (nSPS) is 14.1. The maximum absolute atomic E-state index is 13.1. The summed E-state index contributed by atoms with van der Waals surface area (Å²) >= 11 is 0. The first kappa shape index (κ1) is 24.1. The SMILES string of the molecule is Cc1ccc(C2=N[C@@H](CC(=O)NCc3ccc(C(=O)NO)cc3)c3nnc(C)n3-c3ccccc32)cc1. The topological polar surface area (TPSA) is 122 Å². The number of amides is 2. The van der Waals surface area contributed by atoms with Crippen LogP contribution < -0.4 is 10.8 Å². The average molecular weight is 495 g/mol. The minimum absolute atomic E-state index is 0.0898. The van der Waals surface area contributed by atoms with Gasteiger partial charge < -0.3 is 5.32 Å². The van der Waals surface area contributed by atoms with Crippen LogP contribution in [0.2, 0.25) is 0 Å². The molecule has 37 heavy (non-hydrogen) atoms. The number of carbonyl (C=O) groups is 2. The highest BCUT2D eigenvalue weighted by molar-refractivity contribution is 6.15. The third-order valence-electron chi connectivity index (χ3n) is 6.34. The van der Waals surface area contributed by atoms with Crippen molar-refractivity contribution >= 4 is 17.5 Å². The molecule has 1 aromatic heterocycles. The van der Waals surface area contributed by atoms with Crippen molar-refractivity contribution in [3.05, 3.63) is 112 Å². The molecule has 0 saturated heterocycles. The molecule has 3 N–H and O–H groups in total. The van der Waals surface area contributed by atoms with E-state index in [9.17, 15) is 9.59 Å². The smallest absolute Gasteiger partial charge is 0.274 e. The lowest BCUT2D eigenvalue weighted by molar-refractivity contribution is -0.121. The Labute approximate surface area is 213 Å². The minimum Gasteiger partial charge on any atom is -0.352 e. The van der Waals surface area contributed by atoms with Crippen molar-refractivity contribution < 1.29 is 14.8 Å². The summed E-state index contributed by atoms with van der Waals surface area (Å²) in [5.74, 6) is 0.556. The molecule has 0 spiro atoms. The lowest BCUT2D eigenvalue weighted by Crippen LogP contribution is -2.25. The summed E-state index contributed by atoms with van der Waals surface area (Å²) in [6, 6.07) is 22.2. The molecule has 5 rings (SSSR count). The largest absolute Gasteiger partial charge is 0.352 e. The van der Waals surface area contributed by atoms with Gasteiger partial charge in [-0.15, -0.1) is 10.2 Å². The molecule has 9 heteroatoms. The van der Waals surface area contributed by atoms with Crippen molar-refractivity contribution in [1.29, 1.82) is 0 Å². The van der Waals surface area contributed by atoms with Crippen molar-refractivity contribution in [2.75, 3.05) is 0 Å². The first-order chi connectivity index (χ1) is 17.9. The molecule has 2 heterocycles. The number of carbonyl (C=O) groups excluding carboxylic acids is 2. The molecule has 4 aromatic rings. The number of aliphatic imine (C=N–C) groups is 1. The molecular formula is C28H26N6O3. The molecule has 186 valence electrons. The lowest BCUT2D eigenvalue weighted by Gasteiger charge is -2.13. The van der Waals surface area contributed by atoms with Gasteiger partial charge in [-0.1, -0.05) is 60.2 Å². The minimum atomic E-state index is -0.591. The average Bonchev–Trinajstić information content (AvgIpc) is 3.24. The molecule has 1 aliphatic heterocycles. The van der Waals surface area contributed by atoms with Crippen LogP contribution in [0.15, 0.2) is 77.8 Å². The van der Waals surface area contributed by atoms with Gasteiger partial charge in [-0.25, -0.2) is 5.48 Å². The second-order valence-corrected chi connectivity index (χ2v) is 8.94. The van der Waals surface area contributed by atoms with Crippen LogP contribution in [0, 0.1) is 13.8 Å². The van der Waals surface area contributed by atoms with Crippen molar-refractivity contribution in [2.45, 2.75) is 32.9 Å². The summed E-state index contributed by atoms with van der Waals surface area (Å²) in [7, 11) is 0. The van der Waals surface area contributed by atoms with Gasteiger partial charge in [-0.3, -0.25) is 24.4 Å². The van der Waals surface area contributed by atoms with Crippen molar-refractivity contribution in [3.8, 4) is 5.69 Å². The van der Waals surface area contributed by atoms with Gasteiger partial charge >= 0.3 is 0 Å². The van der Waals surface area contributed by atoms with E-state index in [2.05, 4.69) is 15.5 Å². The Morgan fingerprint density at radius 3 is 2.41 bits per heavy atom. The van der Waals surface area contributed by atoms with E-state index in [0.29, 0.717) is 11.4 Å². The molecule has 0 bridgehead atoms. The van der Waals surface area contributed by atoms with Gasteiger partial charge in [0.25, 0.3) is 5.91 Å². The first-order valence-corrected chi connectivity index (χ1v) is 11.9. The number of nitrogens with zero attached hydrogens (tertiary/aromatic N) is 4. The van der Waals surface area contributed by atoms with Crippen LogP contribution in [0.1, 0.15) is 56.7 Å². The summed E-state index contributed by atoms with van der Waals surface area (Å²) in [5.41, 5.74) is 7.54. The zero-order chi connectivity index (χ0) is 25.9. The van der Waals surface area contributed by atoms with Crippen LogP contribution >= 0.6 is 0 Å². The van der Waals surface area contributed by atoms with E-state index in [1.165, 1.54) is 0 Å². The number of fused-ring (bicyclic) bond motifs is 3. The standard InChI is InChI=1S/C28H26N6O3/c1-17-7-11-20(12-8-17)26-22-5-3-4-6-24(22)34-18(2)31-32-27(34)23(30-26)15-25(35)29-16-19-9-13-21(14-10-19)28(36)33-37/h3-14,23,37H,15-16H2,1-2H3,(H,29,35)(H,33,36)/t23-/m0/s1. The Hall–Kier alpha value is -4.63. The third-order valence-corrected chi connectivity index (χ3v) is 6.34. The zero-order valence-corrected chi connectivity index (χ0v) is 20.5. The van der Waals surface area contributed by atoms with E-state index in [-0.39, 0.29) is 18.9 Å². The number of nitrogens with one attached hydrogen (secondary N) is 2. The summed E-state index contributed by atoms with van der Waals surface area (Å²) in [6.07, 6.45) is 0.0898. The number of hydrogen-bond acceptors (Lipinski definition) is 6. The predicted octanol–water partition coefficient (Wildman–Crippen LogP) is 3.60. The molecule has 0 fully saturated rings. The molecule has 0 radical (unpaired) electrons. The molecule has 1 atom stereocenters. The van der Waals surface area contributed by atoms with Crippen LogP contribution in [-0.4, -0.2) is 37.5 Å². The van der Waals surface area contributed by atoms with Crippen molar-refractivity contribution in [1.82, 2.24) is 25.6 Å². The molecule has 3 aromatic carbocycles. The number of aryl methyl sites for hydroxylation is 2. The molecule has 1 aliphatic rings. The van der Waals surface area contributed by atoms with E-state index >= 15 is 0 Å². The predicted molar refractivity (Wildman–Crippen MR) is 138 cm³/mol. The highest BCUT2D eigenvalue weighted by Gasteiger charge is 2.29. The van der Waals surface area contributed by atoms with Crippen LogP contribution in [0.25, 0.3) is 5.69 Å². The van der Waals surface area contributed by atoms with Crippen molar-refractivity contribution in [3.63, 3.8) is 0 Å². The number of benzene rings is 3. The Balaban J connectivity index is 1.44. The fourth-order valence-electron chi connectivity index (χ4n) is 4.41. The highest BCUT2D eigenvalue weighted by atomic mass is 16.5. The number of hydroxylamine groups is 1. The maximum atomic E-state index is 13.1. The quantitative estimate of drug-likeness (QED) is 0.279. The summed E-state index contributed by atoms with van der Waals surface area (Å²) in [5, 5.41) is 20.4. The number of aromatic nitrogens is 3. The van der Waals surface area contributed by atoms with Gasteiger partial charge in [0.15, 0.2) is 5.82 Å². The molecule has 0 saturated carbocycles. The maximum Gasteiger partial charge on any atom is 0.274 e. The fourth-order valence-corrected chi connectivity index (χ4v) is 4.41. The van der Waals surface area contributed by atoms with Gasteiger partial charge in [0.05, 0.1) is 17.8 Å². The Kier molecular flexibility index (Phi) is 6.61. The zero-order valence-electron chi connectivity index (χ0n) is 20.5. The molecule has 9 nitrogen and oxygen atoms in total. The monoisotopic (exact) mass is 494 g/mol. The van der Waals surface area contributed by atoms with Crippen LogP contribution in [0.3, 0.4) is 0 Å². The van der Waals surface area contributed by atoms with Crippen molar-refractivity contribution in [2.24, 2.45) is 4.99 Å².